The van der Waals surface area contributed by atoms with E-state index in [0.29, 0.717) is 11.7 Å². The van der Waals surface area contributed by atoms with Crippen molar-refractivity contribution in [3.63, 3.8) is 0 Å². The van der Waals surface area contributed by atoms with Crippen LogP contribution in [0, 0.1) is 0 Å². The minimum Gasteiger partial charge on any atom is -0.382 e. The minimum absolute atomic E-state index is 0.157. The third-order valence-electron chi connectivity index (χ3n) is 3.42. The van der Waals surface area contributed by atoms with Crippen molar-refractivity contribution in [2.24, 2.45) is 0 Å². The molecule has 0 aliphatic rings. The molecule has 0 atom stereocenters. The van der Waals surface area contributed by atoms with Gasteiger partial charge in [0.25, 0.3) is 0 Å². The molecule has 0 unspecified atom stereocenters. The van der Waals surface area contributed by atoms with Crippen molar-refractivity contribution >= 4 is 5.82 Å². The van der Waals surface area contributed by atoms with Gasteiger partial charge < -0.3 is 5.73 Å². The first-order valence-corrected chi connectivity index (χ1v) is 7.02. The lowest BCUT2D eigenvalue weighted by molar-refractivity contribution is 0.590. The van der Waals surface area contributed by atoms with E-state index in [0.717, 1.165) is 17.0 Å². The fourth-order valence-electron chi connectivity index (χ4n) is 2.14. The zero-order valence-corrected chi connectivity index (χ0v) is 12.9. The average Bonchev–Trinajstić information content (AvgIpc) is 2.37. The van der Waals surface area contributed by atoms with E-state index < -0.39 is 0 Å². The Bertz CT molecular complexity index is 593. The standard InChI is InChI=1S/C17H23N3/c1-11(2)15-16(18)20-14(10-19-15)12-6-8-13(9-7-12)17(3,4)5/h6-11H,1-5H3,(H2,18,20). The second-order valence-corrected chi connectivity index (χ2v) is 6.51. The second kappa shape index (κ2) is 5.23. The van der Waals surface area contributed by atoms with E-state index in [9.17, 15) is 0 Å². The molecule has 1 aromatic carbocycles. The highest BCUT2D eigenvalue weighted by molar-refractivity contribution is 5.61. The Balaban J connectivity index is 2.35. The van der Waals surface area contributed by atoms with Crippen LogP contribution in [0.4, 0.5) is 5.82 Å². The smallest absolute Gasteiger partial charge is 0.146 e. The highest BCUT2D eigenvalue weighted by atomic mass is 14.9. The number of nitrogen functional groups attached to an aromatic ring is 1. The van der Waals surface area contributed by atoms with Crippen LogP contribution in [-0.2, 0) is 5.41 Å². The second-order valence-electron chi connectivity index (χ2n) is 6.51. The zero-order valence-electron chi connectivity index (χ0n) is 12.9. The van der Waals surface area contributed by atoms with E-state index in [1.54, 1.807) is 6.20 Å². The Labute approximate surface area is 121 Å². The van der Waals surface area contributed by atoms with Crippen LogP contribution >= 0.6 is 0 Å². The van der Waals surface area contributed by atoms with E-state index in [1.807, 2.05) is 0 Å². The number of nitrogens with two attached hydrogens (primary N) is 1. The number of hydrogen-bond acceptors (Lipinski definition) is 3. The molecular formula is C17H23N3. The number of aromatic nitrogens is 2. The molecule has 20 heavy (non-hydrogen) atoms. The average molecular weight is 269 g/mol. The molecule has 0 amide bonds. The van der Waals surface area contributed by atoms with Crippen molar-refractivity contribution in [2.45, 2.75) is 46.0 Å². The summed E-state index contributed by atoms with van der Waals surface area (Å²) in [7, 11) is 0. The lowest BCUT2D eigenvalue weighted by Crippen LogP contribution is -2.10. The van der Waals surface area contributed by atoms with Gasteiger partial charge in [0.05, 0.1) is 17.6 Å². The van der Waals surface area contributed by atoms with Gasteiger partial charge in [-0.2, -0.15) is 0 Å². The highest BCUT2D eigenvalue weighted by Crippen LogP contribution is 2.26. The van der Waals surface area contributed by atoms with Gasteiger partial charge in [-0.15, -0.1) is 0 Å². The Morgan fingerprint density at radius 3 is 2.10 bits per heavy atom. The van der Waals surface area contributed by atoms with Gasteiger partial charge in [-0.05, 0) is 16.9 Å². The molecule has 2 rings (SSSR count). The summed E-state index contributed by atoms with van der Waals surface area (Å²) in [6.45, 7) is 10.8. The predicted octanol–water partition coefficient (Wildman–Crippen LogP) is 4.15. The molecule has 1 heterocycles. The van der Waals surface area contributed by atoms with Crippen LogP contribution < -0.4 is 5.73 Å². The molecule has 106 valence electrons. The van der Waals surface area contributed by atoms with Crippen LogP contribution in [0.3, 0.4) is 0 Å². The zero-order chi connectivity index (χ0) is 14.9. The maximum atomic E-state index is 5.99. The van der Waals surface area contributed by atoms with Gasteiger partial charge in [-0.25, -0.2) is 4.98 Å². The van der Waals surface area contributed by atoms with E-state index in [2.05, 4.69) is 68.9 Å². The highest BCUT2D eigenvalue weighted by Gasteiger charge is 2.14. The number of anilines is 1. The lowest BCUT2D eigenvalue weighted by Gasteiger charge is -2.19. The van der Waals surface area contributed by atoms with Gasteiger partial charge in [0.15, 0.2) is 0 Å². The summed E-state index contributed by atoms with van der Waals surface area (Å²) < 4.78 is 0. The van der Waals surface area contributed by atoms with Crippen LogP contribution in [-0.4, -0.2) is 9.97 Å². The largest absolute Gasteiger partial charge is 0.382 e. The molecule has 0 spiro atoms. The number of benzene rings is 1. The maximum absolute atomic E-state index is 5.99. The van der Waals surface area contributed by atoms with Gasteiger partial charge >= 0.3 is 0 Å². The van der Waals surface area contributed by atoms with Crippen molar-refractivity contribution in [1.29, 1.82) is 0 Å². The van der Waals surface area contributed by atoms with Crippen LogP contribution in [0.5, 0.6) is 0 Å². The van der Waals surface area contributed by atoms with E-state index in [4.69, 9.17) is 5.73 Å². The van der Waals surface area contributed by atoms with Crippen molar-refractivity contribution in [3.8, 4) is 11.3 Å². The fraction of sp³-hybridized carbons (Fsp3) is 0.412. The Kier molecular flexibility index (Phi) is 3.80. The molecule has 0 saturated heterocycles. The monoisotopic (exact) mass is 269 g/mol. The minimum atomic E-state index is 0.157. The third kappa shape index (κ3) is 2.98. The Morgan fingerprint density at radius 1 is 1.05 bits per heavy atom. The van der Waals surface area contributed by atoms with Crippen molar-refractivity contribution in [3.05, 3.63) is 41.7 Å². The first-order valence-electron chi connectivity index (χ1n) is 7.02. The molecule has 0 fully saturated rings. The molecule has 0 bridgehead atoms. The third-order valence-corrected chi connectivity index (χ3v) is 3.42. The maximum Gasteiger partial charge on any atom is 0.146 e. The normalized spacial score (nSPS) is 11.9. The molecule has 1 aromatic heterocycles. The van der Waals surface area contributed by atoms with E-state index in [1.165, 1.54) is 5.56 Å². The summed E-state index contributed by atoms with van der Waals surface area (Å²) in [5.41, 5.74) is 10.2. The SMILES string of the molecule is CC(C)c1ncc(-c2ccc(C(C)(C)C)cc2)nc1N. The molecule has 0 saturated carbocycles. The topological polar surface area (TPSA) is 51.8 Å². The van der Waals surface area contributed by atoms with Crippen molar-refractivity contribution in [2.75, 3.05) is 5.73 Å². The van der Waals surface area contributed by atoms with Crippen LogP contribution in [0.2, 0.25) is 0 Å². The molecule has 0 aliphatic carbocycles. The molecule has 3 nitrogen and oxygen atoms in total. The predicted molar refractivity (Wildman–Crippen MR) is 84.7 cm³/mol. The summed E-state index contributed by atoms with van der Waals surface area (Å²) in [5.74, 6) is 0.817. The van der Waals surface area contributed by atoms with Crippen molar-refractivity contribution < 1.29 is 0 Å². The summed E-state index contributed by atoms with van der Waals surface area (Å²) in [6.07, 6.45) is 1.80. The molecule has 2 N–H and O–H groups in total. The number of rotatable bonds is 2. The lowest BCUT2D eigenvalue weighted by atomic mass is 9.86. The van der Waals surface area contributed by atoms with Gasteiger partial charge in [-0.1, -0.05) is 58.9 Å². The Morgan fingerprint density at radius 2 is 1.65 bits per heavy atom. The van der Waals surface area contributed by atoms with E-state index >= 15 is 0 Å². The number of hydrogen-bond donors (Lipinski definition) is 1. The van der Waals surface area contributed by atoms with E-state index in [-0.39, 0.29) is 5.41 Å². The molecular weight excluding hydrogens is 246 g/mol. The Hall–Kier alpha value is -1.90. The van der Waals surface area contributed by atoms with Crippen LogP contribution in [0.1, 0.15) is 51.8 Å². The molecule has 3 heteroatoms. The summed E-state index contributed by atoms with van der Waals surface area (Å²) in [6, 6.07) is 8.45. The first-order chi connectivity index (χ1) is 9.29. The summed E-state index contributed by atoms with van der Waals surface area (Å²) >= 11 is 0. The van der Waals surface area contributed by atoms with Gasteiger partial charge in [0.1, 0.15) is 5.82 Å². The van der Waals surface area contributed by atoms with Crippen LogP contribution in [0.25, 0.3) is 11.3 Å². The van der Waals surface area contributed by atoms with Gasteiger partial charge in [0.2, 0.25) is 0 Å². The fourth-order valence-corrected chi connectivity index (χ4v) is 2.14. The first kappa shape index (κ1) is 14.5. The van der Waals surface area contributed by atoms with Crippen molar-refractivity contribution in [1.82, 2.24) is 9.97 Å². The number of nitrogens with zero attached hydrogens (tertiary/aromatic N) is 2. The summed E-state index contributed by atoms with van der Waals surface area (Å²) in [4.78, 5) is 8.91. The van der Waals surface area contributed by atoms with Crippen LogP contribution in [0.15, 0.2) is 30.5 Å². The molecule has 0 radical (unpaired) electrons. The quantitative estimate of drug-likeness (QED) is 0.891. The molecule has 2 aromatic rings. The van der Waals surface area contributed by atoms with Gasteiger partial charge in [-0.3, -0.25) is 4.98 Å². The summed E-state index contributed by atoms with van der Waals surface area (Å²) in [5, 5.41) is 0. The van der Waals surface area contributed by atoms with Gasteiger partial charge in [0, 0.05) is 5.56 Å². The molecule has 0 aliphatic heterocycles.